The lowest BCUT2D eigenvalue weighted by molar-refractivity contribution is -0.122. The van der Waals surface area contributed by atoms with Crippen LogP contribution in [0, 0.1) is 5.95 Å². The lowest BCUT2D eigenvalue weighted by Crippen LogP contribution is -2.36. The number of methoxy groups -OCH3 is 1. The number of fused-ring (bicyclic) bond motifs is 1. The first-order chi connectivity index (χ1) is 13.7. The molecule has 28 heavy (non-hydrogen) atoms. The summed E-state index contributed by atoms with van der Waals surface area (Å²) in [6.07, 6.45) is 7.18. The zero-order chi connectivity index (χ0) is 19.8. The van der Waals surface area contributed by atoms with Gasteiger partial charge in [0.25, 0.3) is 5.91 Å². The minimum atomic E-state index is -0.493. The predicted octanol–water partition coefficient (Wildman–Crippen LogP) is 3.92. The van der Waals surface area contributed by atoms with Crippen molar-refractivity contribution >= 4 is 11.6 Å². The van der Waals surface area contributed by atoms with Crippen molar-refractivity contribution in [2.75, 3.05) is 31.7 Å². The third kappa shape index (κ3) is 5.36. The number of carbonyl (C=O) groups is 1. The maximum Gasteiger partial charge on any atom is 0.252 e. The number of rotatable bonds is 3. The summed E-state index contributed by atoms with van der Waals surface area (Å²) in [7, 11) is 1.54. The highest BCUT2D eigenvalue weighted by Crippen LogP contribution is 2.28. The molecule has 0 aliphatic carbocycles. The summed E-state index contributed by atoms with van der Waals surface area (Å²) in [4.78, 5) is 18.3. The standard InChI is InChI=1S/C22H28FN3O2/c1-28-16-22(27)26-12-6-4-2-3-5-11-24-14-19-13-17(7-9-20(19)26)18-8-10-21(23)25-15-18/h7-10,13,15,24H,2-6,11-12,14,16H2,1H3. The molecule has 5 nitrogen and oxygen atoms in total. The monoisotopic (exact) mass is 385 g/mol. The van der Waals surface area contributed by atoms with Crippen LogP contribution in [-0.4, -0.2) is 37.7 Å². The molecule has 2 heterocycles. The van der Waals surface area contributed by atoms with Gasteiger partial charge in [-0.3, -0.25) is 4.79 Å². The molecule has 0 bridgehead atoms. The first-order valence-electron chi connectivity index (χ1n) is 9.94. The van der Waals surface area contributed by atoms with E-state index >= 15 is 0 Å². The van der Waals surface area contributed by atoms with E-state index in [4.69, 9.17) is 4.74 Å². The van der Waals surface area contributed by atoms with Crippen LogP contribution in [0.15, 0.2) is 36.5 Å². The largest absolute Gasteiger partial charge is 0.375 e. The molecule has 1 amide bonds. The number of nitrogens with one attached hydrogen (secondary N) is 1. The van der Waals surface area contributed by atoms with Crippen LogP contribution in [0.4, 0.5) is 10.1 Å². The van der Waals surface area contributed by atoms with E-state index < -0.39 is 5.95 Å². The van der Waals surface area contributed by atoms with Gasteiger partial charge in [0.15, 0.2) is 0 Å². The molecule has 0 saturated heterocycles. The second-order valence-corrected chi connectivity index (χ2v) is 7.14. The molecule has 1 aromatic heterocycles. The third-order valence-electron chi connectivity index (χ3n) is 5.05. The molecule has 1 aromatic carbocycles. The van der Waals surface area contributed by atoms with E-state index in [1.165, 1.54) is 25.1 Å². The number of benzene rings is 1. The van der Waals surface area contributed by atoms with E-state index in [0.717, 1.165) is 48.2 Å². The Morgan fingerprint density at radius 1 is 1.14 bits per heavy atom. The molecular weight excluding hydrogens is 357 g/mol. The van der Waals surface area contributed by atoms with Crippen LogP contribution < -0.4 is 10.2 Å². The molecule has 3 rings (SSSR count). The van der Waals surface area contributed by atoms with E-state index in [1.807, 2.05) is 17.0 Å². The summed E-state index contributed by atoms with van der Waals surface area (Å²) in [6.45, 7) is 2.38. The number of carbonyl (C=O) groups excluding carboxylic acids is 1. The molecule has 0 unspecified atom stereocenters. The smallest absolute Gasteiger partial charge is 0.252 e. The Bertz CT molecular complexity index is 780. The molecule has 0 radical (unpaired) electrons. The number of pyridine rings is 1. The van der Waals surface area contributed by atoms with Crippen molar-refractivity contribution in [2.45, 2.75) is 38.6 Å². The van der Waals surface area contributed by atoms with E-state index in [9.17, 15) is 9.18 Å². The molecule has 6 heteroatoms. The highest BCUT2D eigenvalue weighted by molar-refractivity contribution is 5.95. The lowest BCUT2D eigenvalue weighted by Gasteiger charge is -2.26. The first kappa shape index (κ1) is 20.4. The van der Waals surface area contributed by atoms with Crippen molar-refractivity contribution in [2.24, 2.45) is 0 Å². The number of aromatic nitrogens is 1. The molecule has 0 atom stereocenters. The number of hydrogen-bond donors (Lipinski definition) is 1. The third-order valence-corrected chi connectivity index (χ3v) is 5.05. The minimum Gasteiger partial charge on any atom is -0.375 e. The lowest BCUT2D eigenvalue weighted by atomic mass is 10.0. The van der Waals surface area contributed by atoms with Crippen LogP contribution >= 0.6 is 0 Å². The number of ether oxygens (including phenoxy) is 1. The van der Waals surface area contributed by atoms with E-state index in [2.05, 4.69) is 16.4 Å². The number of nitrogens with zero attached hydrogens (tertiary/aromatic N) is 2. The van der Waals surface area contributed by atoms with Gasteiger partial charge < -0.3 is 15.0 Å². The van der Waals surface area contributed by atoms with E-state index in [1.54, 1.807) is 13.2 Å². The number of hydrogen-bond acceptors (Lipinski definition) is 4. The quantitative estimate of drug-likeness (QED) is 0.814. The van der Waals surface area contributed by atoms with Gasteiger partial charge in [-0.25, -0.2) is 4.98 Å². The zero-order valence-electron chi connectivity index (χ0n) is 16.4. The molecule has 2 aromatic rings. The Balaban J connectivity index is 1.96. The number of halogens is 1. The summed E-state index contributed by atoms with van der Waals surface area (Å²) < 4.78 is 18.3. The Morgan fingerprint density at radius 3 is 2.71 bits per heavy atom. The van der Waals surface area contributed by atoms with Crippen molar-refractivity contribution in [3.8, 4) is 11.1 Å². The second kappa shape index (κ2) is 10.3. The molecule has 1 N–H and O–H groups in total. The molecule has 1 aliphatic heterocycles. The van der Waals surface area contributed by atoms with Gasteiger partial charge in [0, 0.05) is 37.6 Å². The van der Waals surface area contributed by atoms with Crippen molar-refractivity contribution < 1.29 is 13.9 Å². The molecule has 1 aliphatic rings. The Kier molecular flexibility index (Phi) is 7.51. The Labute approximate surface area is 165 Å². The summed E-state index contributed by atoms with van der Waals surface area (Å²) in [5.41, 5.74) is 3.77. The topological polar surface area (TPSA) is 54.5 Å². The average Bonchev–Trinajstić information content (AvgIpc) is 2.69. The molecule has 0 fully saturated rings. The summed E-state index contributed by atoms with van der Waals surface area (Å²) in [5.74, 6) is -0.523. The average molecular weight is 385 g/mol. The zero-order valence-corrected chi connectivity index (χ0v) is 16.4. The fourth-order valence-electron chi connectivity index (χ4n) is 3.57. The van der Waals surface area contributed by atoms with Crippen LogP contribution in [-0.2, 0) is 16.1 Å². The summed E-state index contributed by atoms with van der Waals surface area (Å²) in [5, 5.41) is 3.49. The van der Waals surface area contributed by atoms with Crippen LogP contribution in [0.1, 0.15) is 37.7 Å². The predicted molar refractivity (Wildman–Crippen MR) is 109 cm³/mol. The van der Waals surface area contributed by atoms with Gasteiger partial charge in [-0.15, -0.1) is 0 Å². The van der Waals surface area contributed by atoms with Crippen LogP contribution in [0.25, 0.3) is 11.1 Å². The Hall–Kier alpha value is -2.31. The van der Waals surface area contributed by atoms with Crippen molar-refractivity contribution in [3.05, 3.63) is 48.0 Å². The Morgan fingerprint density at radius 2 is 1.93 bits per heavy atom. The van der Waals surface area contributed by atoms with Gasteiger partial charge in [-0.1, -0.05) is 25.3 Å². The van der Waals surface area contributed by atoms with Gasteiger partial charge in [0.2, 0.25) is 5.95 Å². The second-order valence-electron chi connectivity index (χ2n) is 7.14. The SMILES string of the molecule is COCC(=O)N1CCCCCCCNCc2cc(-c3ccc(F)nc3)ccc21. The van der Waals surface area contributed by atoms with Crippen LogP contribution in [0.5, 0.6) is 0 Å². The van der Waals surface area contributed by atoms with Gasteiger partial charge >= 0.3 is 0 Å². The first-order valence-corrected chi connectivity index (χ1v) is 9.94. The van der Waals surface area contributed by atoms with Gasteiger partial charge in [-0.05, 0) is 54.8 Å². The fourth-order valence-corrected chi connectivity index (χ4v) is 3.57. The van der Waals surface area contributed by atoms with Gasteiger partial charge in [0.1, 0.15) is 6.61 Å². The van der Waals surface area contributed by atoms with Crippen LogP contribution in [0.2, 0.25) is 0 Å². The highest BCUT2D eigenvalue weighted by atomic mass is 19.1. The highest BCUT2D eigenvalue weighted by Gasteiger charge is 2.19. The molecular formula is C22H28FN3O2. The maximum absolute atomic E-state index is 13.2. The van der Waals surface area contributed by atoms with Crippen molar-refractivity contribution in [1.29, 1.82) is 0 Å². The molecule has 0 saturated carbocycles. The summed E-state index contributed by atoms with van der Waals surface area (Å²) in [6, 6.07) is 9.10. The molecule has 150 valence electrons. The molecule has 0 spiro atoms. The van der Waals surface area contributed by atoms with E-state index in [-0.39, 0.29) is 12.5 Å². The summed E-state index contributed by atoms with van der Waals surface area (Å²) >= 11 is 0. The number of anilines is 1. The normalized spacial score (nSPS) is 16.0. The van der Waals surface area contributed by atoms with Crippen molar-refractivity contribution in [3.63, 3.8) is 0 Å². The maximum atomic E-state index is 13.2. The minimum absolute atomic E-state index is 0.0305. The van der Waals surface area contributed by atoms with E-state index in [0.29, 0.717) is 13.1 Å². The van der Waals surface area contributed by atoms with Crippen molar-refractivity contribution in [1.82, 2.24) is 10.3 Å². The fraction of sp³-hybridized carbons (Fsp3) is 0.455. The number of amides is 1. The van der Waals surface area contributed by atoms with Gasteiger partial charge in [0.05, 0.1) is 0 Å². The van der Waals surface area contributed by atoms with Crippen LogP contribution in [0.3, 0.4) is 0 Å². The van der Waals surface area contributed by atoms with Gasteiger partial charge in [-0.2, -0.15) is 4.39 Å².